The number of anilines is 1. The van der Waals surface area contributed by atoms with Gasteiger partial charge in [0.2, 0.25) is 0 Å². The molecule has 3 aromatic carbocycles. The molecular weight excluding hydrogens is 488 g/mol. The molecule has 1 N–H and O–H groups in total. The minimum atomic E-state index is -1.39. The van der Waals surface area contributed by atoms with E-state index in [2.05, 4.69) is 5.32 Å². The second-order valence-electron chi connectivity index (χ2n) is 8.09. The standard InChI is InChI=1S/C25H19ClF4N2O3/c1-25(35-2)17-7-6-13(23(33)31-11-15-20(29)9-14(27)10-21(15)30)8-22(17)32(24(25)34)12-16-18(26)4-3-5-19(16)28/h3-10H,11-12H2,1-2H3,(H,31,33). The van der Waals surface area contributed by atoms with Gasteiger partial charge in [0.25, 0.3) is 11.8 Å². The summed E-state index contributed by atoms with van der Waals surface area (Å²) in [7, 11) is 1.35. The third-order valence-corrected chi connectivity index (χ3v) is 6.39. The number of hydrogen-bond donors (Lipinski definition) is 1. The number of ether oxygens (including phenoxy) is 1. The lowest BCUT2D eigenvalue weighted by atomic mass is 9.96. The van der Waals surface area contributed by atoms with E-state index in [9.17, 15) is 27.2 Å². The highest BCUT2D eigenvalue weighted by Gasteiger charge is 2.48. The molecule has 0 aromatic heterocycles. The first-order valence-corrected chi connectivity index (χ1v) is 10.8. The van der Waals surface area contributed by atoms with Gasteiger partial charge in [0.1, 0.15) is 23.3 Å². The highest BCUT2D eigenvalue weighted by molar-refractivity contribution is 6.31. The van der Waals surface area contributed by atoms with Crippen LogP contribution in [0.15, 0.2) is 48.5 Å². The summed E-state index contributed by atoms with van der Waals surface area (Å²) in [6.45, 7) is 0.807. The van der Waals surface area contributed by atoms with E-state index in [-0.39, 0.29) is 22.7 Å². The van der Waals surface area contributed by atoms with Crippen LogP contribution in [0, 0.1) is 23.3 Å². The number of carbonyl (C=O) groups is 2. The van der Waals surface area contributed by atoms with Gasteiger partial charge in [-0.25, -0.2) is 17.6 Å². The van der Waals surface area contributed by atoms with Crippen molar-refractivity contribution in [2.75, 3.05) is 12.0 Å². The van der Waals surface area contributed by atoms with Gasteiger partial charge in [0.15, 0.2) is 5.60 Å². The van der Waals surface area contributed by atoms with Crippen molar-refractivity contribution in [1.29, 1.82) is 0 Å². The molecule has 0 fully saturated rings. The zero-order valence-electron chi connectivity index (χ0n) is 18.6. The molecule has 0 aliphatic carbocycles. The maximum absolute atomic E-state index is 14.4. The number of methoxy groups -OCH3 is 1. The number of halogens is 5. The van der Waals surface area contributed by atoms with Crippen molar-refractivity contribution in [1.82, 2.24) is 5.32 Å². The van der Waals surface area contributed by atoms with Crippen LogP contribution in [-0.2, 0) is 28.2 Å². The smallest absolute Gasteiger partial charge is 0.263 e. The molecule has 0 radical (unpaired) electrons. The molecule has 0 saturated carbocycles. The van der Waals surface area contributed by atoms with E-state index < -0.39 is 52.8 Å². The predicted octanol–water partition coefficient (Wildman–Crippen LogP) is 5.23. The monoisotopic (exact) mass is 506 g/mol. The van der Waals surface area contributed by atoms with Crippen LogP contribution < -0.4 is 10.2 Å². The van der Waals surface area contributed by atoms with Crippen LogP contribution in [-0.4, -0.2) is 18.9 Å². The molecule has 2 amide bonds. The summed E-state index contributed by atoms with van der Waals surface area (Å²) in [5.41, 5.74) is -0.980. The van der Waals surface area contributed by atoms with Crippen LogP contribution in [0.3, 0.4) is 0 Å². The first-order valence-electron chi connectivity index (χ1n) is 10.4. The molecule has 5 nitrogen and oxygen atoms in total. The van der Waals surface area contributed by atoms with Gasteiger partial charge in [0, 0.05) is 53.1 Å². The largest absolute Gasteiger partial charge is 0.364 e. The molecule has 4 rings (SSSR count). The maximum Gasteiger partial charge on any atom is 0.263 e. The van der Waals surface area contributed by atoms with Crippen LogP contribution in [0.25, 0.3) is 0 Å². The lowest BCUT2D eigenvalue weighted by Crippen LogP contribution is -2.39. The van der Waals surface area contributed by atoms with Crippen molar-refractivity contribution in [3.63, 3.8) is 0 Å². The quantitative estimate of drug-likeness (QED) is 0.465. The van der Waals surface area contributed by atoms with Gasteiger partial charge in [-0.3, -0.25) is 9.59 Å². The van der Waals surface area contributed by atoms with E-state index in [1.54, 1.807) is 6.92 Å². The average Bonchev–Trinajstić information content (AvgIpc) is 3.02. The van der Waals surface area contributed by atoms with Crippen molar-refractivity contribution < 1.29 is 31.9 Å². The summed E-state index contributed by atoms with van der Waals surface area (Å²) in [5.74, 6) is -5.12. The Balaban J connectivity index is 1.66. The van der Waals surface area contributed by atoms with Crippen LogP contribution in [0.5, 0.6) is 0 Å². The SMILES string of the molecule is COC1(C)C(=O)N(Cc2c(F)cccc2Cl)c2cc(C(=O)NCc3c(F)cc(F)cc3F)ccc21. The molecule has 10 heteroatoms. The number of nitrogens with zero attached hydrogens (tertiary/aromatic N) is 1. The summed E-state index contributed by atoms with van der Waals surface area (Å²) in [6.07, 6.45) is 0. The van der Waals surface area contributed by atoms with E-state index in [0.717, 1.165) is 0 Å². The minimum Gasteiger partial charge on any atom is -0.364 e. The van der Waals surface area contributed by atoms with Gasteiger partial charge < -0.3 is 15.0 Å². The molecule has 182 valence electrons. The summed E-state index contributed by atoms with van der Waals surface area (Å²) in [6, 6.07) is 9.54. The van der Waals surface area contributed by atoms with Crippen LogP contribution in [0.4, 0.5) is 23.2 Å². The van der Waals surface area contributed by atoms with Crippen molar-refractivity contribution in [2.45, 2.75) is 25.6 Å². The van der Waals surface area contributed by atoms with Crippen LogP contribution >= 0.6 is 11.6 Å². The number of rotatable bonds is 6. The number of benzene rings is 3. The Bertz CT molecular complexity index is 1310. The molecule has 1 aliphatic heterocycles. The molecular formula is C25H19ClF4N2O3. The van der Waals surface area contributed by atoms with Gasteiger partial charge >= 0.3 is 0 Å². The van der Waals surface area contributed by atoms with Crippen LogP contribution in [0.1, 0.15) is 34.0 Å². The summed E-state index contributed by atoms with van der Waals surface area (Å²) in [5, 5.41) is 2.51. The molecule has 1 unspecified atom stereocenters. The zero-order chi connectivity index (χ0) is 25.5. The van der Waals surface area contributed by atoms with Gasteiger partial charge in [-0.15, -0.1) is 0 Å². The van der Waals surface area contributed by atoms with E-state index in [1.165, 1.54) is 48.4 Å². The van der Waals surface area contributed by atoms with Gasteiger partial charge in [-0.05, 0) is 31.2 Å². The van der Waals surface area contributed by atoms with Crippen molar-refractivity contribution in [2.24, 2.45) is 0 Å². The maximum atomic E-state index is 14.4. The van der Waals surface area contributed by atoms with Gasteiger partial charge in [-0.2, -0.15) is 0 Å². The third kappa shape index (κ3) is 4.37. The first kappa shape index (κ1) is 24.7. The van der Waals surface area contributed by atoms with E-state index in [4.69, 9.17) is 16.3 Å². The Morgan fingerprint density at radius 2 is 1.71 bits per heavy atom. The van der Waals surface area contributed by atoms with Crippen molar-refractivity contribution in [3.8, 4) is 0 Å². The number of hydrogen-bond acceptors (Lipinski definition) is 3. The third-order valence-electron chi connectivity index (χ3n) is 6.04. The lowest BCUT2D eigenvalue weighted by molar-refractivity contribution is -0.137. The van der Waals surface area contributed by atoms with Crippen molar-refractivity contribution >= 4 is 29.1 Å². The Kier molecular flexibility index (Phi) is 6.57. The molecule has 0 spiro atoms. The van der Waals surface area contributed by atoms with Crippen LogP contribution in [0.2, 0.25) is 5.02 Å². The highest BCUT2D eigenvalue weighted by Crippen LogP contribution is 2.44. The normalized spacial score (nSPS) is 17.0. The molecule has 1 aliphatic rings. The molecule has 1 atom stereocenters. The second-order valence-corrected chi connectivity index (χ2v) is 8.50. The Morgan fingerprint density at radius 3 is 2.34 bits per heavy atom. The molecule has 3 aromatic rings. The van der Waals surface area contributed by atoms with E-state index in [0.29, 0.717) is 23.4 Å². The Hall–Kier alpha value is -3.43. The average molecular weight is 507 g/mol. The fourth-order valence-corrected chi connectivity index (χ4v) is 4.21. The summed E-state index contributed by atoms with van der Waals surface area (Å²) >= 11 is 6.15. The first-order chi connectivity index (χ1) is 16.6. The Labute approximate surface area is 203 Å². The van der Waals surface area contributed by atoms with Gasteiger partial charge in [0.05, 0.1) is 12.2 Å². The van der Waals surface area contributed by atoms with E-state index >= 15 is 0 Å². The number of amides is 2. The minimum absolute atomic E-state index is 0.0736. The fourth-order valence-electron chi connectivity index (χ4n) is 3.99. The fraction of sp³-hybridized carbons (Fsp3) is 0.200. The topological polar surface area (TPSA) is 58.6 Å². The molecule has 1 heterocycles. The summed E-state index contributed by atoms with van der Waals surface area (Å²) < 4.78 is 60.8. The number of fused-ring (bicyclic) bond motifs is 1. The predicted molar refractivity (Wildman–Crippen MR) is 121 cm³/mol. The molecule has 0 bridgehead atoms. The molecule has 35 heavy (non-hydrogen) atoms. The van der Waals surface area contributed by atoms with Gasteiger partial charge in [-0.1, -0.05) is 23.7 Å². The summed E-state index contributed by atoms with van der Waals surface area (Å²) in [4.78, 5) is 27.3. The number of carbonyl (C=O) groups excluding carboxylic acids is 2. The second kappa shape index (κ2) is 9.31. The number of nitrogens with one attached hydrogen (secondary N) is 1. The molecule has 0 saturated heterocycles. The Morgan fingerprint density at radius 1 is 1.03 bits per heavy atom. The van der Waals surface area contributed by atoms with E-state index in [1.807, 2.05) is 0 Å². The van der Waals surface area contributed by atoms with Crippen molar-refractivity contribution in [3.05, 3.63) is 99.1 Å². The zero-order valence-corrected chi connectivity index (χ0v) is 19.4. The highest BCUT2D eigenvalue weighted by atomic mass is 35.5. The lowest BCUT2D eigenvalue weighted by Gasteiger charge is -2.23.